The number of amides is 1. The molecule has 2 rings (SSSR count). The van der Waals surface area contributed by atoms with Gasteiger partial charge in [0.1, 0.15) is 5.75 Å². The number of para-hydroxylation sites is 1. The third-order valence-corrected chi connectivity index (χ3v) is 3.99. The zero-order valence-corrected chi connectivity index (χ0v) is 14.8. The van der Waals surface area contributed by atoms with Gasteiger partial charge in [-0.25, -0.2) is 4.79 Å². The summed E-state index contributed by atoms with van der Waals surface area (Å²) in [5, 5.41) is 2.94. The van der Waals surface area contributed by atoms with Crippen LogP contribution in [0.1, 0.15) is 49.9 Å². The van der Waals surface area contributed by atoms with Gasteiger partial charge in [-0.15, -0.1) is 0 Å². The first-order valence-corrected chi connectivity index (χ1v) is 8.82. The van der Waals surface area contributed by atoms with Gasteiger partial charge in [0.15, 0.2) is 0 Å². The van der Waals surface area contributed by atoms with Crippen LogP contribution < -0.4 is 10.1 Å². The van der Waals surface area contributed by atoms with Gasteiger partial charge in [-0.2, -0.15) is 0 Å². The molecule has 0 saturated carbocycles. The van der Waals surface area contributed by atoms with E-state index in [1.807, 2.05) is 18.2 Å². The van der Waals surface area contributed by atoms with Crippen LogP contribution in [0, 0.1) is 5.92 Å². The Morgan fingerprint density at radius 1 is 0.920 bits per heavy atom. The summed E-state index contributed by atoms with van der Waals surface area (Å²) in [4.78, 5) is 24.5. The summed E-state index contributed by atoms with van der Waals surface area (Å²) in [7, 11) is 0. The van der Waals surface area contributed by atoms with Crippen molar-refractivity contribution in [3.63, 3.8) is 0 Å². The molecular weight excluding hydrogens is 314 g/mol. The number of nitrogens with one attached hydrogen (secondary N) is 1. The number of rotatable bonds is 8. The maximum atomic E-state index is 12.3. The van der Waals surface area contributed by atoms with Crippen LogP contribution in [0.5, 0.6) is 5.75 Å². The maximum absolute atomic E-state index is 12.3. The molecule has 0 saturated heterocycles. The van der Waals surface area contributed by atoms with Gasteiger partial charge in [0.25, 0.3) is 0 Å². The minimum Gasteiger partial charge on any atom is -0.423 e. The van der Waals surface area contributed by atoms with E-state index in [-0.39, 0.29) is 11.8 Å². The summed E-state index contributed by atoms with van der Waals surface area (Å²) in [6.45, 7) is 4.17. The summed E-state index contributed by atoms with van der Waals surface area (Å²) in [5.41, 5.74) is 1.14. The maximum Gasteiger partial charge on any atom is 0.343 e. The van der Waals surface area contributed by atoms with Gasteiger partial charge in [-0.05, 0) is 49.2 Å². The lowest BCUT2D eigenvalue weighted by molar-refractivity contribution is -0.120. The lowest BCUT2D eigenvalue weighted by atomic mass is 9.97. The van der Waals surface area contributed by atoms with Crippen LogP contribution >= 0.6 is 0 Å². The second-order valence-electron chi connectivity index (χ2n) is 6.04. The Kier molecular flexibility index (Phi) is 7.20. The minimum atomic E-state index is -0.418. The van der Waals surface area contributed by atoms with Crippen molar-refractivity contribution in [2.24, 2.45) is 5.92 Å². The van der Waals surface area contributed by atoms with Gasteiger partial charge in [0, 0.05) is 11.6 Å². The number of carbonyl (C=O) groups is 2. The molecule has 0 radical (unpaired) electrons. The minimum absolute atomic E-state index is 0.0396. The number of esters is 1. The molecule has 2 aromatic rings. The van der Waals surface area contributed by atoms with E-state index < -0.39 is 5.97 Å². The number of anilines is 1. The summed E-state index contributed by atoms with van der Waals surface area (Å²) < 4.78 is 5.30. The van der Waals surface area contributed by atoms with Crippen molar-refractivity contribution in [2.45, 2.75) is 39.5 Å². The molecule has 0 aliphatic rings. The molecule has 2 aromatic carbocycles. The second-order valence-corrected chi connectivity index (χ2v) is 6.04. The Balaban J connectivity index is 1.97. The van der Waals surface area contributed by atoms with E-state index in [1.54, 1.807) is 36.4 Å². The summed E-state index contributed by atoms with van der Waals surface area (Å²) in [6, 6.07) is 15.7. The van der Waals surface area contributed by atoms with Crippen molar-refractivity contribution in [1.29, 1.82) is 0 Å². The predicted molar refractivity (Wildman–Crippen MR) is 99.8 cm³/mol. The van der Waals surface area contributed by atoms with Gasteiger partial charge in [0.2, 0.25) is 5.91 Å². The van der Waals surface area contributed by atoms with Crippen molar-refractivity contribution < 1.29 is 14.3 Å². The lowest BCUT2D eigenvalue weighted by Crippen LogP contribution is -2.22. The van der Waals surface area contributed by atoms with E-state index in [2.05, 4.69) is 19.2 Å². The van der Waals surface area contributed by atoms with E-state index in [9.17, 15) is 9.59 Å². The van der Waals surface area contributed by atoms with Crippen LogP contribution in [-0.4, -0.2) is 11.9 Å². The van der Waals surface area contributed by atoms with E-state index >= 15 is 0 Å². The van der Waals surface area contributed by atoms with Crippen molar-refractivity contribution >= 4 is 17.6 Å². The highest BCUT2D eigenvalue weighted by Crippen LogP contribution is 2.18. The van der Waals surface area contributed by atoms with E-state index in [4.69, 9.17) is 4.74 Å². The number of ether oxygens (including phenoxy) is 1. The molecule has 0 aliphatic heterocycles. The third-order valence-electron chi connectivity index (χ3n) is 3.99. The zero-order valence-electron chi connectivity index (χ0n) is 14.8. The fourth-order valence-electron chi connectivity index (χ4n) is 2.69. The largest absolute Gasteiger partial charge is 0.423 e. The highest BCUT2D eigenvalue weighted by atomic mass is 16.5. The van der Waals surface area contributed by atoms with Crippen molar-refractivity contribution in [2.75, 3.05) is 5.32 Å². The van der Waals surface area contributed by atoms with Crippen LogP contribution in [0.3, 0.4) is 0 Å². The summed E-state index contributed by atoms with van der Waals surface area (Å²) in [5.74, 6) is 0.173. The first kappa shape index (κ1) is 18.7. The van der Waals surface area contributed by atoms with E-state index in [0.29, 0.717) is 17.0 Å². The van der Waals surface area contributed by atoms with Crippen molar-refractivity contribution in [3.8, 4) is 5.75 Å². The monoisotopic (exact) mass is 339 g/mol. The molecule has 0 atom stereocenters. The van der Waals surface area contributed by atoms with Crippen LogP contribution in [-0.2, 0) is 4.79 Å². The molecular formula is C21H25NO3. The van der Waals surface area contributed by atoms with Gasteiger partial charge in [-0.1, -0.05) is 44.9 Å². The Hall–Kier alpha value is -2.62. The highest BCUT2D eigenvalue weighted by molar-refractivity contribution is 5.94. The Morgan fingerprint density at radius 3 is 2.08 bits per heavy atom. The SMILES string of the molecule is CCCC(CCC)C(=O)Nc1ccc(C(=O)Oc2ccccc2)cc1. The molecule has 0 aliphatic carbocycles. The zero-order chi connectivity index (χ0) is 18.1. The van der Waals surface area contributed by atoms with Crippen LogP contribution in [0.2, 0.25) is 0 Å². The first-order valence-electron chi connectivity index (χ1n) is 8.82. The topological polar surface area (TPSA) is 55.4 Å². The fourth-order valence-corrected chi connectivity index (χ4v) is 2.69. The second kappa shape index (κ2) is 9.62. The number of hydrogen-bond acceptors (Lipinski definition) is 3. The Labute approximate surface area is 149 Å². The summed E-state index contributed by atoms with van der Waals surface area (Å²) in [6.07, 6.45) is 3.76. The molecule has 0 spiro atoms. The smallest absolute Gasteiger partial charge is 0.343 e. The van der Waals surface area contributed by atoms with Crippen LogP contribution in [0.25, 0.3) is 0 Å². The average Bonchev–Trinajstić information content (AvgIpc) is 2.63. The number of benzene rings is 2. The molecule has 1 N–H and O–H groups in total. The first-order chi connectivity index (χ1) is 12.1. The average molecular weight is 339 g/mol. The van der Waals surface area contributed by atoms with Gasteiger partial charge in [0.05, 0.1) is 5.56 Å². The van der Waals surface area contributed by atoms with Crippen molar-refractivity contribution in [3.05, 3.63) is 60.2 Å². The highest BCUT2D eigenvalue weighted by Gasteiger charge is 2.17. The quantitative estimate of drug-likeness (QED) is 0.540. The third kappa shape index (κ3) is 5.75. The fraction of sp³-hybridized carbons (Fsp3) is 0.333. The molecule has 0 heterocycles. The van der Waals surface area contributed by atoms with Crippen LogP contribution in [0.15, 0.2) is 54.6 Å². The molecule has 1 amide bonds. The Morgan fingerprint density at radius 2 is 1.52 bits per heavy atom. The summed E-state index contributed by atoms with van der Waals surface area (Å²) >= 11 is 0. The molecule has 4 nitrogen and oxygen atoms in total. The van der Waals surface area contributed by atoms with E-state index in [0.717, 1.165) is 25.7 Å². The Bertz CT molecular complexity index is 674. The number of carbonyl (C=O) groups excluding carboxylic acids is 2. The molecule has 132 valence electrons. The van der Waals surface area contributed by atoms with Crippen LogP contribution in [0.4, 0.5) is 5.69 Å². The normalized spacial score (nSPS) is 10.5. The van der Waals surface area contributed by atoms with Crippen molar-refractivity contribution in [1.82, 2.24) is 0 Å². The predicted octanol–water partition coefficient (Wildman–Crippen LogP) is 5.06. The lowest BCUT2D eigenvalue weighted by Gasteiger charge is -2.15. The van der Waals surface area contributed by atoms with Gasteiger partial charge >= 0.3 is 5.97 Å². The molecule has 0 bridgehead atoms. The molecule has 0 fully saturated rings. The number of hydrogen-bond donors (Lipinski definition) is 1. The molecule has 0 unspecified atom stereocenters. The van der Waals surface area contributed by atoms with E-state index in [1.165, 1.54) is 0 Å². The molecule has 0 aromatic heterocycles. The van der Waals surface area contributed by atoms with Gasteiger partial charge < -0.3 is 10.1 Å². The molecule has 25 heavy (non-hydrogen) atoms. The standard InChI is InChI=1S/C21H25NO3/c1-3-8-16(9-4-2)20(23)22-18-14-12-17(13-15-18)21(24)25-19-10-6-5-7-11-19/h5-7,10-16H,3-4,8-9H2,1-2H3,(H,22,23). The molecule has 4 heteroatoms. The van der Waals surface area contributed by atoms with Gasteiger partial charge in [-0.3, -0.25) is 4.79 Å².